The van der Waals surface area contributed by atoms with E-state index in [1.54, 1.807) is 12.1 Å². The summed E-state index contributed by atoms with van der Waals surface area (Å²) in [5.41, 5.74) is 5.12. The highest BCUT2D eigenvalue weighted by Crippen LogP contribution is 2.44. The zero-order chi connectivity index (χ0) is 20.7. The SMILES string of the molecule is Cc1cccc(C)c1Nc1c(C2CC2)nc2c(C(=O)NC(C)C(=O)O)cccn12. The highest BCUT2D eigenvalue weighted by atomic mass is 16.4. The van der Waals surface area contributed by atoms with Gasteiger partial charge in [0, 0.05) is 17.8 Å². The average molecular weight is 392 g/mol. The monoisotopic (exact) mass is 392 g/mol. The Bertz CT molecular complexity index is 1090. The van der Waals surface area contributed by atoms with Crippen LogP contribution in [0.2, 0.25) is 0 Å². The maximum absolute atomic E-state index is 12.7. The van der Waals surface area contributed by atoms with Crippen molar-refractivity contribution in [2.24, 2.45) is 0 Å². The topological polar surface area (TPSA) is 95.7 Å². The van der Waals surface area contributed by atoms with Gasteiger partial charge < -0.3 is 15.7 Å². The Balaban J connectivity index is 1.80. The first-order chi connectivity index (χ1) is 13.9. The highest BCUT2D eigenvalue weighted by molar-refractivity contribution is 6.01. The van der Waals surface area contributed by atoms with Gasteiger partial charge in [0.1, 0.15) is 11.9 Å². The number of aliphatic carboxylic acids is 1. The van der Waals surface area contributed by atoms with Crippen LogP contribution < -0.4 is 10.6 Å². The van der Waals surface area contributed by atoms with E-state index in [0.717, 1.165) is 41.2 Å². The number of aryl methyl sites for hydroxylation is 2. The van der Waals surface area contributed by atoms with Crippen molar-refractivity contribution in [3.63, 3.8) is 0 Å². The molecule has 0 radical (unpaired) electrons. The van der Waals surface area contributed by atoms with Crippen molar-refractivity contribution in [1.82, 2.24) is 14.7 Å². The van der Waals surface area contributed by atoms with Crippen molar-refractivity contribution in [1.29, 1.82) is 0 Å². The standard InChI is InChI=1S/C22H24N4O3/c1-12-6-4-7-13(2)17(12)24-20-18(15-9-10-15)25-19-16(8-5-11-26(19)20)21(27)23-14(3)22(28)29/h4-8,11,14-15,24H,9-10H2,1-3H3,(H,23,27)(H,28,29). The number of aromatic nitrogens is 2. The van der Waals surface area contributed by atoms with Gasteiger partial charge in [-0.2, -0.15) is 0 Å². The number of nitrogens with zero attached hydrogens (tertiary/aromatic N) is 2. The van der Waals surface area contributed by atoms with Gasteiger partial charge in [0.15, 0.2) is 5.65 Å². The maximum atomic E-state index is 12.7. The number of rotatable bonds is 6. The number of imidazole rings is 1. The van der Waals surface area contributed by atoms with Crippen LogP contribution in [0.25, 0.3) is 5.65 Å². The number of carbonyl (C=O) groups is 2. The lowest BCUT2D eigenvalue weighted by atomic mass is 10.1. The summed E-state index contributed by atoms with van der Waals surface area (Å²) < 4.78 is 1.89. The first kappa shape index (κ1) is 19.0. The Labute approximate surface area is 168 Å². The summed E-state index contributed by atoms with van der Waals surface area (Å²) in [4.78, 5) is 28.6. The van der Waals surface area contributed by atoms with E-state index in [9.17, 15) is 9.59 Å². The predicted molar refractivity (Wildman–Crippen MR) is 111 cm³/mol. The molecule has 29 heavy (non-hydrogen) atoms. The normalized spacial score (nSPS) is 14.6. The molecule has 1 amide bonds. The van der Waals surface area contributed by atoms with E-state index in [1.165, 1.54) is 6.92 Å². The summed E-state index contributed by atoms with van der Waals surface area (Å²) in [7, 11) is 0. The van der Waals surface area contributed by atoms with Crippen molar-refractivity contribution in [2.75, 3.05) is 5.32 Å². The third-order valence-corrected chi connectivity index (χ3v) is 5.33. The second kappa shape index (κ2) is 7.24. The number of carboxylic acid groups (broad SMARTS) is 1. The van der Waals surface area contributed by atoms with E-state index in [2.05, 4.69) is 36.6 Å². The van der Waals surface area contributed by atoms with E-state index in [0.29, 0.717) is 17.1 Å². The van der Waals surface area contributed by atoms with Crippen LogP contribution in [0.1, 0.15) is 52.9 Å². The van der Waals surface area contributed by atoms with Gasteiger partial charge in [-0.05, 0) is 56.9 Å². The quantitative estimate of drug-likeness (QED) is 0.593. The van der Waals surface area contributed by atoms with Gasteiger partial charge in [-0.15, -0.1) is 0 Å². The number of hydrogen-bond donors (Lipinski definition) is 3. The number of nitrogens with one attached hydrogen (secondary N) is 2. The second-order valence-electron chi connectivity index (χ2n) is 7.66. The van der Waals surface area contributed by atoms with E-state index in [-0.39, 0.29) is 0 Å². The van der Waals surface area contributed by atoms with Gasteiger partial charge in [-0.3, -0.25) is 14.0 Å². The average Bonchev–Trinajstić information content (AvgIpc) is 3.46. The maximum Gasteiger partial charge on any atom is 0.325 e. The van der Waals surface area contributed by atoms with Crippen LogP contribution in [0.15, 0.2) is 36.5 Å². The summed E-state index contributed by atoms with van der Waals surface area (Å²) >= 11 is 0. The number of carbonyl (C=O) groups excluding carboxylic acids is 1. The molecule has 1 saturated carbocycles. The Kier molecular flexibility index (Phi) is 4.74. The highest BCUT2D eigenvalue weighted by Gasteiger charge is 2.31. The predicted octanol–water partition coefficient (Wildman–Crippen LogP) is 3.78. The van der Waals surface area contributed by atoms with Crippen LogP contribution in [0.3, 0.4) is 0 Å². The summed E-state index contributed by atoms with van der Waals surface area (Å²) in [5.74, 6) is -0.294. The molecule has 7 nitrogen and oxygen atoms in total. The smallest absolute Gasteiger partial charge is 0.325 e. The largest absolute Gasteiger partial charge is 0.480 e. The number of carboxylic acids is 1. The van der Waals surface area contributed by atoms with Crippen molar-refractivity contribution in [2.45, 2.75) is 45.6 Å². The molecule has 1 fully saturated rings. The van der Waals surface area contributed by atoms with Gasteiger partial charge >= 0.3 is 5.97 Å². The van der Waals surface area contributed by atoms with Crippen LogP contribution in [-0.2, 0) is 4.79 Å². The lowest BCUT2D eigenvalue weighted by Crippen LogP contribution is -2.38. The van der Waals surface area contributed by atoms with Gasteiger partial charge in [-0.25, -0.2) is 4.98 Å². The molecule has 1 aromatic carbocycles. The van der Waals surface area contributed by atoms with Gasteiger partial charge in [0.05, 0.1) is 11.3 Å². The molecule has 1 aliphatic carbocycles. The number of hydrogen-bond acceptors (Lipinski definition) is 4. The lowest BCUT2D eigenvalue weighted by molar-refractivity contribution is -0.138. The first-order valence-electron chi connectivity index (χ1n) is 9.74. The summed E-state index contributed by atoms with van der Waals surface area (Å²) in [6.45, 7) is 5.55. The Hall–Kier alpha value is -3.35. The zero-order valence-electron chi connectivity index (χ0n) is 16.7. The van der Waals surface area contributed by atoms with E-state index in [1.807, 2.05) is 16.7 Å². The number of fused-ring (bicyclic) bond motifs is 1. The molecule has 0 saturated heterocycles. The molecular formula is C22H24N4O3. The minimum absolute atomic E-state index is 0.358. The van der Waals surface area contributed by atoms with Gasteiger partial charge in [-0.1, -0.05) is 18.2 Å². The third kappa shape index (κ3) is 3.55. The number of para-hydroxylation sites is 1. The number of pyridine rings is 1. The molecule has 1 unspecified atom stereocenters. The van der Waals surface area contributed by atoms with Gasteiger partial charge in [0.2, 0.25) is 0 Å². The zero-order valence-corrected chi connectivity index (χ0v) is 16.7. The number of amides is 1. The van der Waals surface area contributed by atoms with E-state index >= 15 is 0 Å². The molecule has 3 aromatic rings. The molecule has 1 aliphatic rings. The number of anilines is 2. The Morgan fingerprint density at radius 2 is 1.86 bits per heavy atom. The minimum atomic E-state index is -1.08. The van der Waals surface area contributed by atoms with Crippen LogP contribution in [0.4, 0.5) is 11.5 Å². The van der Waals surface area contributed by atoms with Gasteiger partial charge in [0.25, 0.3) is 5.91 Å². The van der Waals surface area contributed by atoms with Crippen molar-refractivity contribution in [3.8, 4) is 0 Å². The van der Waals surface area contributed by atoms with Crippen molar-refractivity contribution >= 4 is 29.0 Å². The summed E-state index contributed by atoms with van der Waals surface area (Å²) in [6, 6.07) is 8.61. The molecule has 0 aliphatic heterocycles. The van der Waals surface area contributed by atoms with E-state index in [4.69, 9.17) is 10.1 Å². The van der Waals surface area contributed by atoms with Crippen molar-refractivity contribution < 1.29 is 14.7 Å². The summed E-state index contributed by atoms with van der Waals surface area (Å²) in [6.07, 6.45) is 4.02. The van der Waals surface area contributed by atoms with Crippen LogP contribution >= 0.6 is 0 Å². The molecule has 0 spiro atoms. The van der Waals surface area contributed by atoms with Crippen LogP contribution in [0.5, 0.6) is 0 Å². The van der Waals surface area contributed by atoms with Crippen LogP contribution in [0, 0.1) is 13.8 Å². The fourth-order valence-electron chi connectivity index (χ4n) is 3.49. The molecule has 2 heterocycles. The minimum Gasteiger partial charge on any atom is -0.480 e. The molecule has 1 atom stereocenters. The molecule has 3 N–H and O–H groups in total. The molecule has 0 bridgehead atoms. The van der Waals surface area contributed by atoms with Crippen molar-refractivity contribution in [3.05, 3.63) is 58.9 Å². The lowest BCUT2D eigenvalue weighted by Gasteiger charge is -2.14. The number of benzene rings is 1. The first-order valence-corrected chi connectivity index (χ1v) is 9.74. The molecule has 150 valence electrons. The molecular weight excluding hydrogens is 368 g/mol. The van der Waals surface area contributed by atoms with E-state index < -0.39 is 17.9 Å². The fraction of sp³-hybridized carbons (Fsp3) is 0.318. The Morgan fingerprint density at radius 1 is 1.17 bits per heavy atom. The summed E-state index contributed by atoms with van der Waals surface area (Å²) in [5, 5.41) is 15.2. The second-order valence-corrected chi connectivity index (χ2v) is 7.66. The van der Waals surface area contributed by atoms with Crippen LogP contribution in [-0.4, -0.2) is 32.4 Å². The molecule has 4 rings (SSSR count). The fourth-order valence-corrected chi connectivity index (χ4v) is 3.49. The molecule has 2 aromatic heterocycles. The molecule has 7 heteroatoms. The third-order valence-electron chi connectivity index (χ3n) is 5.33. The Morgan fingerprint density at radius 3 is 2.48 bits per heavy atom.